The van der Waals surface area contributed by atoms with Crippen molar-refractivity contribution in [1.29, 1.82) is 0 Å². The molecule has 0 aliphatic carbocycles. The van der Waals surface area contributed by atoms with E-state index in [2.05, 4.69) is 10.00 Å². The summed E-state index contributed by atoms with van der Waals surface area (Å²) in [7, 11) is 1.93. The predicted molar refractivity (Wildman–Crippen MR) is 53.7 cm³/mol. The van der Waals surface area contributed by atoms with Crippen LogP contribution in [-0.2, 0) is 13.6 Å². The Hall–Kier alpha value is -0.870. The average molecular weight is 195 g/mol. The summed E-state index contributed by atoms with van der Waals surface area (Å²) in [6.07, 6.45) is 3.84. The Morgan fingerprint density at radius 1 is 1.64 bits per heavy atom. The maximum atomic E-state index is 9.50. The van der Waals surface area contributed by atoms with E-state index in [-0.39, 0.29) is 6.10 Å². The quantitative estimate of drug-likeness (QED) is 0.741. The van der Waals surface area contributed by atoms with Gasteiger partial charge in [-0.2, -0.15) is 5.10 Å². The second-order valence-corrected chi connectivity index (χ2v) is 4.01. The Bertz CT molecular complexity index is 297. The Balaban J connectivity index is 1.90. The second-order valence-electron chi connectivity index (χ2n) is 4.01. The van der Waals surface area contributed by atoms with Crippen molar-refractivity contribution in [2.45, 2.75) is 25.5 Å². The molecule has 1 fully saturated rings. The van der Waals surface area contributed by atoms with Crippen LogP contribution in [0.3, 0.4) is 0 Å². The molecule has 1 aromatic rings. The lowest BCUT2D eigenvalue weighted by molar-refractivity contribution is 0.0661. The summed E-state index contributed by atoms with van der Waals surface area (Å²) >= 11 is 0. The van der Waals surface area contributed by atoms with Crippen LogP contribution in [0.1, 0.15) is 18.5 Å². The maximum absolute atomic E-state index is 9.50. The van der Waals surface area contributed by atoms with Crippen LogP contribution in [-0.4, -0.2) is 39.0 Å². The van der Waals surface area contributed by atoms with Gasteiger partial charge in [-0.05, 0) is 25.5 Å². The second kappa shape index (κ2) is 4.11. The minimum atomic E-state index is -0.146. The number of piperidine rings is 1. The summed E-state index contributed by atoms with van der Waals surface area (Å²) in [5.74, 6) is 0. The maximum Gasteiger partial charge on any atom is 0.0764 e. The summed E-state index contributed by atoms with van der Waals surface area (Å²) in [4.78, 5) is 2.26. The summed E-state index contributed by atoms with van der Waals surface area (Å²) in [5, 5.41) is 13.8. The van der Waals surface area contributed by atoms with Gasteiger partial charge in [0.25, 0.3) is 0 Å². The molecule has 0 radical (unpaired) electrons. The van der Waals surface area contributed by atoms with Gasteiger partial charge in [-0.1, -0.05) is 0 Å². The van der Waals surface area contributed by atoms with Crippen LogP contribution in [0.5, 0.6) is 0 Å². The fourth-order valence-corrected chi connectivity index (χ4v) is 1.95. The fraction of sp³-hybridized carbons (Fsp3) is 0.700. The van der Waals surface area contributed by atoms with E-state index in [1.165, 1.54) is 0 Å². The molecule has 1 N–H and O–H groups in total. The van der Waals surface area contributed by atoms with E-state index >= 15 is 0 Å². The van der Waals surface area contributed by atoms with Crippen LogP contribution in [0.4, 0.5) is 0 Å². The molecule has 1 aliphatic rings. The number of aliphatic hydroxyl groups is 1. The van der Waals surface area contributed by atoms with Crippen LogP contribution >= 0.6 is 0 Å². The molecule has 1 unspecified atom stereocenters. The van der Waals surface area contributed by atoms with Gasteiger partial charge >= 0.3 is 0 Å². The minimum Gasteiger partial charge on any atom is -0.392 e. The standard InChI is InChI=1S/C10H17N3O/c1-12-6-4-9(11-12)7-13-5-2-3-10(14)8-13/h4,6,10,14H,2-3,5,7-8H2,1H3. The summed E-state index contributed by atoms with van der Waals surface area (Å²) in [6, 6.07) is 2.03. The van der Waals surface area contributed by atoms with Crippen LogP contribution in [0.2, 0.25) is 0 Å². The van der Waals surface area contributed by atoms with Gasteiger partial charge < -0.3 is 5.11 Å². The Kier molecular flexibility index (Phi) is 2.84. The lowest BCUT2D eigenvalue weighted by Gasteiger charge is -2.29. The molecule has 4 nitrogen and oxygen atoms in total. The van der Waals surface area contributed by atoms with Gasteiger partial charge in [-0.3, -0.25) is 9.58 Å². The third-order valence-electron chi connectivity index (χ3n) is 2.64. The lowest BCUT2D eigenvalue weighted by Crippen LogP contribution is -2.37. The van der Waals surface area contributed by atoms with E-state index in [1.54, 1.807) is 0 Å². The zero-order valence-electron chi connectivity index (χ0n) is 8.56. The molecule has 1 aromatic heterocycles. The van der Waals surface area contributed by atoms with Crippen molar-refractivity contribution >= 4 is 0 Å². The predicted octanol–water partition coefficient (Wildman–Crippen LogP) is 0.377. The molecule has 4 heteroatoms. The first-order valence-electron chi connectivity index (χ1n) is 5.13. The molecular formula is C10H17N3O. The number of nitrogens with zero attached hydrogens (tertiary/aromatic N) is 3. The van der Waals surface area contributed by atoms with Crippen molar-refractivity contribution in [2.24, 2.45) is 7.05 Å². The molecule has 0 saturated carbocycles. The minimum absolute atomic E-state index is 0.146. The molecule has 2 heterocycles. The number of aryl methyl sites for hydroxylation is 1. The van der Waals surface area contributed by atoms with Crippen molar-refractivity contribution in [3.63, 3.8) is 0 Å². The summed E-state index contributed by atoms with van der Waals surface area (Å²) in [6.45, 7) is 2.72. The number of hydrogen-bond acceptors (Lipinski definition) is 3. The number of rotatable bonds is 2. The number of hydrogen-bond donors (Lipinski definition) is 1. The number of aromatic nitrogens is 2. The first kappa shape index (κ1) is 9.68. The van der Waals surface area contributed by atoms with Crippen molar-refractivity contribution in [2.75, 3.05) is 13.1 Å². The van der Waals surface area contributed by atoms with Crippen LogP contribution < -0.4 is 0 Å². The highest BCUT2D eigenvalue weighted by atomic mass is 16.3. The van der Waals surface area contributed by atoms with Crippen LogP contribution in [0, 0.1) is 0 Å². The van der Waals surface area contributed by atoms with E-state index < -0.39 is 0 Å². The van der Waals surface area contributed by atoms with Gasteiger partial charge in [0, 0.05) is 26.3 Å². The van der Waals surface area contributed by atoms with E-state index in [0.717, 1.165) is 38.2 Å². The average Bonchev–Trinajstić information content (AvgIpc) is 2.51. The third-order valence-corrected chi connectivity index (χ3v) is 2.64. The number of β-amino-alcohol motifs (C(OH)–C–C–N with tert-alkyl or cyclic N) is 1. The molecule has 1 saturated heterocycles. The fourth-order valence-electron chi connectivity index (χ4n) is 1.95. The number of likely N-dealkylation sites (tertiary alicyclic amines) is 1. The summed E-state index contributed by atoms with van der Waals surface area (Å²) < 4.78 is 1.82. The molecule has 2 rings (SSSR count). The molecular weight excluding hydrogens is 178 g/mol. The Morgan fingerprint density at radius 3 is 3.14 bits per heavy atom. The molecule has 78 valence electrons. The molecule has 0 spiro atoms. The molecule has 1 aliphatic heterocycles. The van der Waals surface area contributed by atoms with Gasteiger partial charge in [-0.25, -0.2) is 0 Å². The Morgan fingerprint density at radius 2 is 2.50 bits per heavy atom. The lowest BCUT2D eigenvalue weighted by atomic mass is 10.1. The van der Waals surface area contributed by atoms with Gasteiger partial charge in [0.2, 0.25) is 0 Å². The first-order valence-corrected chi connectivity index (χ1v) is 5.13. The summed E-state index contributed by atoms with van der Waals surface area (Å²) in [5.41, 5.74) is 1.08. The highest BCUT2D eigenvalue weighted by Crippen LogP contribution is 2.12. The monoisotopic (exact) mass is 195 g/mol. The smallest absolute Gasteiger partial charge is 0.0764 e. The zero-order valence-corrected chi connectivity index (χ0v) is 8.56. The van der Waals surface area contributed by atoms with Gasteiger partial charge in [-0.15, -0.1) is 0 Å². The highest BCUT2D eigenvalue weighted by Gasteiger charge is 2.17. The van der Waals surface area contributed by atoms with Crippen LogP contribution in [0.15, 0.2) is 12.3 Å². The van der Waals surface area contributed by atoms with Gasteiger partial charge in [0.15, 0.2) is 0 Å². The molecule has 14 heavy (non-hydrogen) atoms. The van der Waals surface area contributed by atoms with E-state index in [1.807, 2.05) is 24.0 Å². The number of aliphatic hydroxyl groups excluding tert-OH is 1. The van der Waals surface area contributed by atoms with Gasteiger partial charge in [0.05, 0.1) is 11.8 Å². The molecule has 0 aromatic carbocycles. The first-order chi connectivity index (χ1) is 6.74. The van der Waals surface area contributed by atoms with E-state index in [0.29, 0.717) is 0 Å². The largest absolute Gasteiger partial charge is 0.392 e. The van der Waals surface area contributed by atoms with Crippen molar-refractivity contribution in [1.82, 2.24) is 14.7 Å². The van der Waals surface area contributed by atoms with Crippen LogP contribution in [0.25, 0.3) is 0 Å². The molecule has 1 atom stereocenters. The molecule has 0 bridgehead atoms. The Labute approximate surface area is 84.1 Å². The SMILES string of the molecule is Cn1ccc(CN2CCCC(O)C2)n1. The zero-order chi connectivity index (χ0) is 9.97. The molecule has 0 amide bonds. The van der Waals surface area contributed by atoms with Crippen molar-refractivity contribution in [3.05, 3.63) is 18.0 Å². The van der Waals surface area contributed by atoms with E-state index in [9.17, 15) is 5.11 Å². The van der Waals surface area contributed by atoms with Crippen molar-refractivity contribution < 1.29 is 5.11 Å². The third kappa shape index (κ3) is 2.33. The topological polar surface area (TPSA) is 41.3 Å². The highest BCUT2D eigenvalue weighted by molar-refractivity contribution is 4.98. The van der Waals surface area contributed by atoms with E-state index in [4.69, 9.17) is 0 Å². The normalized spacial score (nSPS) is 24.0. The van der Waals surface area contributed by atoms with Gasteiger partial charge in [0.1, 0.15) is 0 Å². The van der Waals surface area contributed by atoms with Crippen molar-refractivity contribution in [3.8, 4) is 0 Å².